The number of carbonyl (C=O) groups is 2. The van der Waals surface area contributed by atoms with Crippen LogP contribution in [0.1, 0.15) is 59.2 Å². The van der Waals surface area contributed by atoms with Crippen molar-refractivity contribution in [3.63, 3.8) is 0 Å². The lowest BCUT2D eigenvalue weighted by Crippen LogP contribution is -2.62. The minimum atomic E-state index is 0.241. The molecule has 0 atom stereocenters. The highest BCUT2D eigenvalue weighted by Crippen LogP contribution is 2.25. The quantitative estimate of drug-likeness (QED) is 0.254. The van der Waals surface area contributed by atoms with Gasteiger partial charge in [0.2, 0.25) is 11.6 Å². The Bertz CT molecular complexity index is 895. The first-order valence-corrected chi connectivity index (χ1v) is 14.3. The number of quaternary nitrogens is 2. The van der Waals surface area contributed by atoms with E-state index in [1.54, 1.807) is 0 Å². The lowest BCUT2D eigenvalue weighted by atomic mass is 10.0. The Kier molecular flexibility index (Phi) is 8.78. The van der Waals surface area contributed by atoms with Crippen molar-refractivity contribution in [2.24, 2.45) is 0 Å². The molecule has 0 aliphatic carbocycles. The van der Waals surface area contributed by atoms with Crippen LogP contribution in [0.15, 0.2) is 57.5 Å². The van der Waals surface area contributed by atoms with Gasteiger partial charge in [-0.25, -0.2) is 0 Å². The molecule has 2 aromatic carbocycles. The lowest BCUT2D eigenvalue weighted by molar-refractivity contribution is -0.977. The molecule has 2 fully saturated rings. The molecule has 4 nitrogen and oxygen atoms in total. The van der Waals surface area contributed by atoms with Crippen molar-refractivity contribution in [2.75, 3.05) is 52.4 Å². The van der Waals surface area contributed by atoms with Crippen LogP contribution in [-0.2, 0) is 0 Å². The number of hydrogen-bond donors (Lipinski definition) is 0. The minimum absolute atomic E-state index is 0.241. The molecule has 0 aromatic heterocycles. The largest absolute Gasteiger partial charge is 0.312 e. The standard InChI is InChI=1S/C28H36Br2N2O2/c29-25-11-7-23(8-12-25)27(33)21-31(15-3-1-4-16-31)19-20-32(17-5-2-6-18-32)22-28(34)24-9-13-26(30)14-10-24/h7-14H,1-6,15-22H2/q+2. The maximum atomic E-state index is 13.3. The summed E-state index contributed by atoms with van der Waals surface area (Å²) in [5.74, 6) is 0.482. The Morgan fingerprint density at radius 2 is 0.882 bits per heavy atom. The first-order chi connectivity index (χ1) is 16.4. The maximum absolute atomic E-state index is 13.3. The van der Waals surface area contributed by atoms with Crippen molar-refractivity contribution >= 4 is 43.4 Å². The number of ketones is 2. The highest BCUT2D eigenvalue weighted by Gasteiger charge is 2.39. The van der Waals surface area contributed by atoms with Gasteiger partial charge >= 0.3 is 0 Å². The molecule has 34 heavy (non-hydrogen) atoms. The number of piperidine rings is 2. The van der Waals surface area contributed by atoms with Crippen LogP contribution in [0.4, 0.5) is 0 Å². The summed E-state index contributed by atoms with van der Waals surface area (Å²) >= 11 is 6.94. The van der Waals surface area contributed by atoms with Gasteiger partial charge in [0, 0.05) is 20.1 Å². The molecule has 0 bridgehead atoms. The van der Waals surface area contributed by atoms with Crippen molar-refractivity contribution in [2.45, 2.75) is 38.5 Å². The van der Waals surface area contributed by atoms with Crippen LogP contribution in [0, 0.1) is 0 Å². The average molecular weight is 592 g/mol. The van der Waals surface area contributed by atoms with E-state index in [-0.39, 0.29) is 11.6 Å². The van der Waals surface area contributed by atoms with E-state index < -0.39 is 0 Å². The first kappa shape index (κ1) is 25.7. The molecule has 0 N–H and O–H groups in total. The Morgan fingerprint density at radius 1 is 0.559 bits per heavy atom. The van der Waals surface area contributed by atoms with Crippen LogP contribution in [0.25, 0.3) is 0 Å². The molecule has 0 amide bonds. The number of benzene rings is 2. The number of hydrogen-bond acceptors (Lipinski definition) is 2. The third kappa shape index (κ3) is 6.66. The molecular weight excluding hydrogens is 556 g/mol. The number of carbonyl (C=O) groups excluding carboxylic acids is 2. The van der Waals surface area contributed by atoms with Crippen LogP contribution in [0.3, 0.4) is 0 Å². The number of rotatable bonds is 9. The van der Waals surface area contributed by atoms with E-state index in [1.165, 1.54) is 38.5 Å². The fraction of sp³-hybridized carbons (Fsp3) is 0.500. The van der Waals surface area contributed by atoms with Gasteiger partial charge in [-0.15, -0.1) is 0 Å². The third-order valence-corrected chi connectivity index (χ3v) is 8.93. The van der Waals surface area contributed by atoms with E-state index in [4.69, 9.17) is 0 Å². The molecule has 0 radical (unpaired) electrons. The van der Waals surface area contributed by atoms with E-state index in [9.17, 15) is 9.59 Å². The minimum Gasteiger partial charge on any atom is -0.312 e. The summed E-state index contributed by atoms with van der Waals surface area (Å²) in [6, 6.07) is 15.5. The van der Waals surface area contributed by atoms with Gasteiger partial charge < -0.3 is 8.97 Å². The molecule has 2 saturated heterocycles. The van der Waals surface area contributed by atoms with Gasteiger partial charge in [-0.3, -0.25) is 9.59 Å². The van der Waals surface area contributed by atoms with E-state index >= 15 is 0 Å². The van der Waals surface area contributed by atoms with Crippen LogP contribution in [0.5, 0.6) is 0 Å². The zero-order chi connectivity index (χ0) is 24.0. The van der Waals surface area contributed by atoms with Crippen molar-refractivity contribution < 1.29 is 18.6 Å². The van der Waals surface area contributed by atoms with Crippen molar-refractivity contribution in [3.05, 3.63) is 68.6 Å². The molecule has 2 aliphatic rings. The van der Waals surface area contributed by atoms with E-state index in [0.717, 1.165) is 68.3 Å². The predicted molar refractivity (Wildman–Crippen MR) is 144 cm³/mol. The van der Waals surface area contributed by atoms with Crippen molar-refractivity contribution in [3.8, 4) is 0 Å². The molecule has 182 valence electrons. The Hall–Kier alpha value is -1.34. The topological polar surface area (TPSA) is 34.1 Å². The Labute approximate surface area is 220 Å². The first-order valence-electron chi connectivity index (χ1n) is 12.7. The molecule has 2 heterocycles. The van der Waals surface area contributed by atoms with Gasteiger partial charge in [-0.1, -0.05) is 56.1 Å². The Morgan fingerprint density at radius 3 is 1.21 bits per heavy atom. The lowest BCUT2D eigenvalue weighted by Gasteiger charge is -2.46. The van der Waals surface area contributed by atoms with Crippen LogP contribution in [-0.4, -0.2) is 72.9 Å². The summed E-state index contributed by atoms with van der Waals surface area (Å²) in [4.78, 5) is 26.5. The van der Waals surface area contributed by atoms with E-state index in [2.05, 4.69) is 31.9 Å². The second-order valence-electron chi connectivity index (χ2n) is 10.3. The van der Waals surface area contributed by atoms with Gasteiger partial charge in [0.25, 0.3) is 0 Å². The SMILES string of the molecule is O=C(C[N+]1(CC[N+]2(CC(=O)c3ccc(Br)cc3)CCCCC2)CCCCC1)c1ccc(Br)cc1. The summed E-state index contributed by atoms with van der Waals surface area (Å²) in [6.07, 6.45) is 7.26. The molecule has 2 aliphatic heterocycles. The fourth-order valence-corrected chi connectivity index (χ4v) is 6.30. The number of Topliss-reactive ketones (excluding diaryl/α,β-unsaturated/α-hetero) is 2. The summed E-state index contributed by atoms with van der Waals surface area (Å²) in [5, 5.41) is 0. The molecule has 0 spiro atoms. The third-order valence-electron chi connectivity index (χ3n) is 7.87. The van der Waals surface area contributed by atoms with Gasteiger partial charge in [0.1, 0.15) is 26.2 Å². The van der Waals surface area contributed by atoms with Gasteiger partial charge in [-0.2, -0.15) is 0 Å². The maximum Gasteiger partial charge on any atom is 0.216 e. The average Bonchev–Trinajstić information content (AvgIpc) is 2.85. The van der Waals surface area contributed by atoms with Crippen LogP contribution < -0.4 is 0 Å². The molecule has 4 rings (SSSR count). The smallest absolute Gasteiger partial charge is 0.216 e. The zero-order valence-electron chi connectivity index (χ0n) is 20.0. The number of nitrogens with zero attached hydrogens (tertiary/aromatic N) is 2. The second kappa shape index (κ2) is 11.6. The number of halogens is 2. The fourth-order valence-electron chi connectivity index (χ4n) is 5.78. The highest BCUT2D eigenvalue weighted by molar-refractivity contribution is 9.10. The van der Waals surface area contributed by atoms with Crippen molar-refractivity contribution in [1.29, 1.82) is 0 Å². The van der Waals surface area contributed by atoms with Crippen LogP contribution >= 0.6 is 31.9 Å². The van der Waals surface area contributed by atoms with Gasteiger partial charge in [0.05, 0.1) is 26.2 Å². The van der Waals surface area contributed by atoms with Gasteiger partial charge in [-0.05, 0) is 62.8 Å². The zero-order valence-corrected chi connectivity index (χ0v) is 23.2. The highest BCUT2D eigenvalue weighted by atomic mass is 79.9. The van der Waals surface area contributed by atoms with Crippen molar-refractivity contribution in [1.82, 2.24) is 0 Å². The second-order valence-corrected chi connectivity index (χ2v) is 12.2. The van der Waals surface area contributed by atoms with E-state index in [0.29, 0.717) is 13.1 Å². The molecule has 0 saturated carbocycles. The van der Waals surface area contributed by atoms with Crippen LogP contribution in [0.2, 0.25) is 0 Å². The van der Waals surface area contributed by atoms with Gasteiger partial charge in [0.15, 0.2) is 0 Å². The van der Waals surface area contributed by atoms with E-state index in [1.807, 2.05) is 48.5 Å². The molecular formula is C28H36Br2N2O2+2. The molecule has 6 heteroatoms. The Balaban J connectivity index is 1.49. The summed E-state index contributed by atoms with van der Waals surface area (Å²) in [6.45, 7) is 7.40. The normalized spacial score (nSPS) is 19.5. The summed E-state index contributed by atoms with van der Waals surface area (Å²) in [5.41, 5.74) is 1.61. The monoisotopic (exact) mass is 590 g/mol. The summed E-state index contributed by atoms with van der Waals surface area (Å²) < 4.78 is 3.75. The number of likely N-dealkylation sites (tertiary alicyclic amines) is 2. The molecule has 0 unspecified atom stereocenters. The predicted octanol–water partition coefficient (Wildman–Crippen LogP) is 6.28. The molecule has 2 aromatic rings. The summed E-state index contributed by atoms with van der Waals surface area (Å²) in [7, 11) is 0.